The molecule has 28 heavy (non-hydrogen) atoms. The number of nitrogens with one attached hydrogen (secondary N) is 2. The van der Waals surface area contributed by atoms with Gasteiger partial charge < -0.3 is 15.0 Å². The monoisotopic (exact) mass is 410 g/mol. The van der Waals surface area contributed by atoms with E-state index in [1.165, 1.54) is 23.1 Å². The largest absolute Gasteiger partial charge is 0.497 e. The number of para-hydroxylation sites is 1. The molecule has 0 radical (unpaired) electrons. The van der Waals surface area contributed by atoms with Crippen LogP contribution >= 0.6 is 23.1 Å². The third kappa shape index (κ3) is 3.88. The fourth-order valence-corrected chi connectivity index (χ4v) is 4.79. The summed E-state index contributed by atoms with van der Waals surface area (Å²) < 4.78 is 5.90. The number of ketones is 1. The van der Waals surface area contributed by atoms with E-state index in [1.807, 2.05) is 55.5 Å². The number of rotatable bonds is 7. The number of methoxy groups -OCH3 is 1. The van der Waals surface area contributed by atoms with Crippen LogP contribution < -0.4 is 10.1 Å². The Hall–Kier alpha value is -2.84. The quantitative estimate of drug-likeness (QED) is 0.325. The number of H-pyrrole nitrogens is 1. The zero-order valence-electron chi connectivity index (χ0n) is 15.3. The van der Waals surface area contributed by atoms with Gasteiger partial charge in [0.25, 0.3) is 0 Å². The average molecular weight is 411 g/mol. The molecule has 142 valence electrons. The maximum atomic E-state index is 12.9. The van der Waals surface area contributed by atoms with Gasteiger partial charge >= 0.3 is 0 Å². The number of fused-ring (bicyclic) bond motifs is 1. The van der Waals surface area contributed by atoms with Gasteiger partial charge in [0.1, 0.15) is 5.75 Å². The van der Waals surface area contributed by atoms with E-state index in [0.717, 1.165) is 26.7 Å². The first-order chi connectivity index (χ1) is 13.6. The van der Waals surface area contributed by atoms with Gasteiger partial charge in [-0.05, 0) is 37.3 Å². The van der Waals surface area contributed by atoms with Gasteiger partial charge in [0.15, 0.2) is 10.1 Å². The smallest absolute Gasteiger partial charge is 0.210 e. The molecule has 2 N–H and O–H groups in total. The van der Waals surface area contributed by atoms with Crippen LogP contribution in [-0.4, -0.2) is 33.3 Å². The van der Waals surface area contributed by atoms with Crippen LogP contribution in [0.3, 0.4) is 0 Å². The Balaban J connectivity index is 1.43. The van der Waals surface area contributed by atoms with E-state index in [2.05, 4.69) is 20.5 Å². The standard InChI is InChI=1S/C20H18N4O2S2/c1-12(18(25)16-11-21-17-6-4-3-5-15(16)17)27-20-24-23-19(28-20)22-13-7-9-14(26-2)10-8-13/h3-12,21H,1-2H3,(H,22,23)/t12-/m1/s1. The van der Waals surface area contributed by atoms with Crippen LogP contribution in [0.25, 0.3) is 10.9 Å². The van der Waals surface area contributed by atoms with Crippen LogP contribution in [-0.2, 0) is 0 Å². The molecule has 0 aliphatic heterocycles. The minimum Gasteiger partial charge on any atom is -0.497 e. The van der Waals surface area contributed by atoms with E-state index >= 15 is 0 Å². The lowest BCUT2D eigenvalue weighted by Crippen LogP contribution is -2.12. The minimum absolute atomic E-state index is 0.0716. The van der Waals surface area contributed by atoms with Crippen molar-refractivity contribution < 1.29 is 9.53 Å². The highest BCUT2D eigenvalue weighted by atomic mass is 32.2. The van der Waals surface area contributed by atoms with Crippen molar-refractivity contribution >= 4 is 50.6 Å². The number of nitrogens with zero attached hydrogens (tertiary/aromatic N) is 2. The number of benzene rings is 2. The molecule has 1 atom stereocenters. The number of ether oxygens (including phenoxy) is 1. The number of anilines is 2. The van der Waals surface area contributed by atoms with Crippen LogP contribution in [0.15, 0.2) is 59.1 Å². The zero-order valence-corrected chi connectivity index (χ0v) is 16.9. The van der Waals surface area contributed by atoms with E-state index in [1.54, 1.807) is 13.3 Å². The topological polar surface area (TPSA) is 79.9 Å². The molecule has 0 aliphatic carbocycles. The van der Waals surface area contributed by atoms with Gasteiger partial charge in [0.05, 0.1) is 12.4 Å². The molecule has 0 saturated heterocycles. The predicted molar refractivity (Wildman–Crippen MR) is 114 cm³/mol. The van der Waals surface area contributed by atoms with E-state index in [4.69, 9.17) is 4.74 Å². The Labute approximate surface area is 170 Å². The third-order valence-corrected chi connectivity index (χ3v) is 6.27. The van der Waals surface area contributed by atoms with Gasteiger partial charge in [0.2, 0.25) is 5.13 Å². The first-order valence-corrected chi connectivity index (χ1v) is 10.4. The van der Waals surface area contributed by atoms with Crippen LogP contribution in [0.4, 0.5) is 10.8 Å². The van der Waals surface area contributed by atoms with Gasteiger partial charge in [-0.2, -0.15) is 0 Å². The highest BCUT2D eigenvalue weighted by Gasteiger charge is 2.21. The SMILES string of the molecule is COc1ccc(Nc2nnc(S[C@H](C)C(=O)c3c[nH]c4ccccc34)s2)cc1. The molecule has 6 nitrogen and oxygen atoms in total. The van der Waals surface area contributed by atoms with E-state index < -0.39 is 0 Å². The Morgan fingerprint density at radius 3 is 2.75 bits per heavy atom. The Kier molecular flexibility index (Phi) is 5.31. The number of thioether (sulfide) groups is 1. The van der Waals surface area contributed by atoms with Crippen LogP contribution in [0.2, 0.25) is 0 Å². The number of carbonyl (C=O) groups excluding carboxylic acids is 1. The van der Waals surface area contributed by atoms with Crippen molar-refractivity contribution in [2.45, 2.75) is 16.5 Å². The molecule has 0 bridgehead atoms. The van der Waals surface area contributed by atoms with Crippen LogP contribution in [0, 0.1) is 0 Å². The number of Topliss-reactive ketones (excluding diaryl/α,β-unsaturated/α-hetero) is 1. The maximum Gasteiger partial charge on any atom is 0.210 e. The van der Waals surface area contributed by atoms with Gasteiger partial charge in [-0.3, -0.25) is 4.79 Å². The van der Waals surface area contributed by atoms with E-state index in [9.17, 15) is 4.79 Å². The molecule has 0 aliphatic rings. The van der Waals surface area contributed by atoms with Crippen molar-refractivity contribution in [3.63, 3.8) is 0 Å². The predicted octanol–water partition coefficient (Wildman–Crippen LogP) is 5.14. The second-order valence-electron chi connectivity index (χ2n) is 6.10. The molecular formula is C20H18N4O2S2. The lowest BCUT2D eigenvalue weighted by Gasteiger charge is -2.07. The van der Waals surface area contributed by atoms with E-state index in [-0.39, 0.29) is 11.0 Å². The maximum absolute atomic E-state index is 12.9. The Morgan fingerprint density at radius 2 is 1.96 bits per heavy atom. The van der Waals surface area contributed by atoms with Gasteiger partial charge in [-0.25, -0.2) is 0 Å². The summed E-state index contributed by atoms with van der Waals surface area (Å²) in [5, 5.41) is 12.9. The molecule has 4 aromatic rings. The molecule has 2 heterocycles. The summed E-state index contributed by atoms with van der Waals surface area (Å²) in [7, 11) is 1.63. The number of hydrogen-bond acceptors (Lipinski definition) is 7. The van der Waals surface area contributed by atoms with Crippen molar-refractivity contribution in [3.8, 4) is 5.75 Å². The minimum atomic E-state index is -0.263. The van der Waals surface area contributed by atoms with Gasteiger partial charge in [-0.1, -0.05) is 41.3 Å². The van der Waals surface area contributed by atoms with Crippen molar-refractivity contribution in [1.29, 1.82) is 0 Å². The molecule has 8 heteroatoms. The van der Waals surface area contributed by atoms with E-state index in [0.29, 0.717) is 10.7 Å². The Bertz CT molecular complexity index is 1100. The zero-order chi connectivity index (χ0) is 19.5. The molecule has 0 unspecified atom stereocenters. The lowest BCUT2D eigenvalue weighted by molar-refractivity contribution is 0.0995. The van der Waals surface area contributed by atoms with Crippen molar-refractivity contribution in [2.24, 2.45) is 0 Å². The molecule has 2 aromatic carbocycles. The summed E-state index contributed by atoms with van der Waals surface area (Å²) in [6, 6.07) is 15.4. The summed E-state index contributed by atoms with van der Waals surface area (Å²) in [6.07, 6.45) is 1.78. The highest BCUT2D eigenvalue weighted by Crippen LogP contribution is 2.32. The second kappa shape index (κ2) is 8.04. The molecular weight excluding hydrogens is 392 g/mol. The fourth-order valence-electron chi connectivity index (χ4n) is 2.80. The fraction of sp³-hybridized carbons (Fsp3) is 0.150. The average Bonchev–Trinajstić information content (AvgIpc) is 3.35. The molecule has 4 rings (SSSR count). The number of carbonyl (C=O) groups is 1. The number of hydrogen-bond donors (Lipinski definition) is 2. The molecule has 0 saturated carbocycles. The summed E-state index contributed by atoms with van der Waals surface area (Å²) in [4.78, 5) is 16.0. The lowest BCUT2D eigenvalue weighted by atomic mass is 10.1. The highest BCUT2D eigenvalue weighted by molar-refractivity contribution is 8.02. The number of aromatic amines is 1. The van der Waals surface area contributed by atoms with Crippen molar-refractivity contribution in [3.05, 3.63) is 60.3 Å². The summed E-state index contributed by atoms with van der Waals surface area (Å²) in [6.45, 7) is 1.90. The molecule has 0 fully saturated rings. The van der Waals surface area contributed by atoms with Crippen LogP contribution in [0.1, 0.15) is 17.3 Å². The summed E-state index contributed by atoms with van der Waals surface area (Å²) in [5.41, 5.74) is 2.57. The first kappa shape index (κ1) is 18.5. The number of aromatic nitrogens is 3. The molecule has 2 aromatic heterocycles. The second-order valence-corrected chi connectivity index (χ2v) is 8.66. The van der Waals surface area contributed by atoms with Crippen LogP contribution in [0.5, 0.6) is 5.75 Å². The molecule has 0 amide bonds. The van der Waals surface area contributed by atoms with Crippen molar-refractivity contribution in [2.75, 3.05) is 12.4 Å². The summed E-state index contributed by atoms with van der Waals surface area (Å²) >= 11 is 2.84. The van der Waals surface area contributed by atoms with Crippen molar-refractivity contribution in [1.82, 2.24) is 15.2 Å². The third-order valence-electron chi connectivity index (χ3n) is 4.25. The first-order valence-electron chi connectivity index (χ1n) is 8.65. The van der Waals surface area contributed by atoms with Gasteiger partial charge in [0, 0.05) is 28.4 Å². The summed E-state index contributed by atoms with van der Waals surface area (Å²) in [5.74, 6) is 0.867. The Morgan fingerprint density at radius 1 is 1.18 bits per heavy atom. The molecule has 0 spiro atoms. The normalized spacial score (nSPS) is 12.1. The van der Waals surface area contributed by atoms with Gasteiger partial charge in [-0.15, -0.1) is 10.2 Å².